The molecule has 3 rings (SSSR count). The fraction of sp³-hybridized carbons (Fsp3) is 0.412. The average molecular weight is 298 g/mol. The zero-order chi connectivity index (χ0) is 15.7. The van der Waals surface area contributed by atoms with Crippen molar-refractivity contribution in [1.29, 1.82) is 0 Å². The third-order valence-corrected chi connectivity index (χ3v) is 4.40. The summed E-state index contributed by atoms with van der Waals surface area (Å²) in [6.45, 7) is 2.06. The van der Waals surface area contributed by atoms with Gasteiger partial charge in [0.05, 0.1) is 5.69 Å². The standard InChI is InChI=1S/C17H22N4O/c1-11-5-3-4-6-14(11)15-10-16(21(2)20-15)19-17(22)12-7-8-13(18)9-12/h3-6,10,12-13H,7-9,18H2,1-2H3,(H,19,22). The van der Waals surface area contributed by atoms with Gasteiger partial charge in [0.1, 0.15) is 5.82 Å². The molecule has 0 saturated heterocycles. The molecule has 0 bridgehead atoms. The van der Waals surface area contributed by atoms with Crippen LogP contribution in [0, 0.1) is 12.8 Å². The maximum Gasteiger partial charge on any atom is 0.228 e. The Bertz CT molecular complexity index is 692. The first-order valence-corrected chi connectivity index (χ1v) is 7.71. The monoisotopic (exact) mass is 298 g/mol. The maximum atomic E-state index is 12.3. The fourth-order valence-corrected chi connectivity index (χ4v) is 3.06. The van der Waals surface area contributed by atoms with Gasteiger partial charge in [0, 0.05) is 30.6 Å². The Morgan fingerprint density at radius 3 is 2.82 bits per heavy atom. The van der Waals surface area contributed by atoms with E-state index in [-0.39, 0.29) is 17.9 Å². The lowest BCUT2D eigenvalue weighted by atomic mass is 10.1. The van der Waals surface area contributed by atoms with Crippen LogP contribution in [-0.4, -0.2) is 21.7 Å². The number of amides is 1. The van der Waals surface area contributed by atoms with Gasteiger partial charge in [0.15, 0.2) is 0 Å². The first-order chi connectivity index (χ1) is 10.5. The van der Waals surface area contributed by atoms with E-state index in [1.54, 1.807) is 4.68 Å². The first-order valence-electron chi connectivity index (χ1n) is 7.71. The third kappa shape index (κ3) is 2.90. The van der Waals surface area contributed by atoms with E-state index in [2.05, 4.69) is 23.4 Å². The van der Waals surface area contributed by atoms with Gasteiger partial charge in [-0.1, -0.05) is 24.3 Å². The lowest BCUT2D eigenvalue weighted by molar-refractivity contribution is -0.119. The van der Waals surface area contributed by atoms with E-state index in [9.17, 15) is 4.79 Å². The van der Waals surface area contributed by atoms with Crippen LogP contribution in [0.3, 0.4) is 0 Å². The second-order valence-corrected chi connectivity index (χ2v) is 6.11. The summed E-state index contributed by atoms with van der Waals surface area (Å²) in [5.41, 5.74) is 9.01. The molecule has 2 aromatic rings. The minimum Gasteiger partial charge on any atom is -0.328 e. The van der Waals surface area contributed by atoms with Gasteiger partial charge in [-0.15, -0.1) is 0 Å². The molecule has 1 heterocycles. The third-order valence-electron chi connectivity index (χ3n) is 4.40. The highest BCUT2D eigenvalue weighted by Crippen LogP contribution is 2.27. The van der Waals surface area contributed by atoms with E-state index < -0.39 is 0 Å². The van der Waals surface area contributed by atoms with Crippen LogP contribution in [0.5, 0.6) is 0 Å². The summed E-state index contributed by atoms with van der Waals surface area (Å²) in [5.74, 6) is 0.794. The number of carbonyl (C=O) groups excluding carboxylic acids is 1. The second kappa shape index (κ2) is 5.93. The van der Waals surface area contributed by atoms with Gasteiger partial charge in [0.25, 0.3) is 0 Å². The van der Waals surface area contributed by atoms with Crippen LogP contribution in [0.2, 0.25) is 0 Å². The summed E-state index contributed by atoms with van der Waals surface area (Å²) in [6, 6.07) is 10.2. The van der Waals surface area contributed by atoms with Crippen LogP contribution in [-0.2, 0) is 11.8 Å². The molecule has 2 atom stereocenters. The lowest BCUT2D eigenvalue weighted by Crippen LogP contribution is -2.24. The Balaban J connectivity index is 1.78. The highest BCUT2D eigenvalue weighted by molar-refractivity contribution is 5.92. The van der Waals surface area contributed by atoms with Crippen molar-refractivity contribution in [3.63, 3.8) is 0 Å². The quantitative estimate of drug-likeness (QED) is 0.914. The Kier molecular flexibility index (Phi) is 3.98. The highest BCUT2D eigenvalue weighted by atomic mass is 16.2. The Morgan fingerprint density at radius 1 is 1.36 bits per heavy atom. The summed E-state index contributed by atoms with van der Waals surface area (Å²) >= 11 is 0. The van der Waals surface area contributed by atoms with E-state index in [1.165, 1.54) is 5.56 Å². The van der Waals surface area contributed by atoms with Crippen molar-refractivity contribution >= 4 is 11.7 Å². The van der Waals surface area contributed by atoms with Gasteiger partial charge in [-0.3, -0.25) is 9.48 Å². The van der Waals surface area contributed by atoms with Crippen LogP contribution in [0.4, 0.5) is 5.82 Å². The summed E-state index contributed by atoms with van der Waals surface area (Å²) < 4.78 is 1.72. The summed E-state index contributed by atoms with van der Waals surface area (Å²) in [5, 5.41) is 7.50. The molecule has 1 aliphatic carbocycles. The molecule has 1 aromatic carbocycles. The molecule has 5 nitrogen and oxygen atoms in total. The Hall–Kier alpha value is -2.14. The van der Waals surface area contributed by atoms with Gasteiger partial charge in [-0.05, 0) is 31.7 Å². The van der Waals surface area contributed by atoms with Gasteiger partial charge in [-0.2, -0.15) is 5.10 Å². The number of hydrogen-bond acceptors (Lipinski definition) is 3. The van der Waals surface area contributed by atoms with Gasteiger partial charge < -0.3 is 11.1 Å². The van der Waals surface area contributed by atoms with E-state index >= 15 is 0 Å². The molecule has 2 unspecified atom stereocenters. The minimum atomic E-state index is 0.0202. The SMILES string of the molecule is Cc1ccccc1-c1cc(NC(=O)C2CCC(N)C2)n(C)n1. The molecule has 0 aliphatic heterocycles. The fourth-order valence-electron chi connectivity index (χ4n) is 3.06. The predicted octanol–water partition coefficient (Wildman–Crippen LogP) is 2.46. The normalized spacial score (nSPS) is 21.0. The van der Waals surface area contributed by atoms with E-state index in [0.717, 1.165) is 36.3 Å². The van der Waals surface area contributed by atoms with Crippen LogP contribution in [0.1, 0.15) is 24.8 Å². The molecule has 0 radical (unpaired) electrons. The molecule has 1 fully saturated rings. The number of nitrogens with one attached hydrogen (secondary N) is 1. The van der Waals surface area contributed by atoms with Gasteiger partial charge in [-0.25, -0.2) is 0 Å². The van der Waals surface area contributed by atoms with E-state index in [4.69, 9.17) is 5.73 Å². The van der Waals surface area contributed by atoms with E-state index in [0.29, 0.717) is 0 Å². The molecular weight excluding hydrogens is 276 g/mol. The van der Waals surface area contributed by atoms with Gasteiger partial charge in [0.2, 0.25) is 5.91 Å². The number of aromatic nitrogens is 2. The van der Waals surface area contributed by atoms with E-state index in [1.807, 2.05) is 31.3 Å². The van der Waals surface area contributed by atoms with Crippen molar-refractivity contribution in [1.82, 2.24) is 9.78 Å². The molecule has 1 aromatic heterocycles. The van der Waals surface area contributed by atoms with Crippen molar-refractivity contribution in [2.45, 2.75) is 32.2 Å². The van der Waals surface area contributed by atoms with Crippen molar-refractivity contribution in [2.24, 2.45) is 18.7 Å². The molecule has 1 saturated carbocycles. The number of anilines is 1. The highest BCUT2D eigenvalue weighted by Gasteiger charge is 2.28. The van der Waals surface area contributed by atoms with Crippen LogP contribution in [0.25, 0.3) is 11.3 Å². The smallest absolute Gasteiger partial charge is 0.228 e. The van der Waals surface area contributed by atoms with Gasteiger partial charge >= 0.3 is 0 Å². The lowest BCUT2D eigenvalue weighted by Gasteiger charge is -2.10. The summed E-state index contributed by atoms with van der Waals surface area (Å²) in [7, 11) is 1.85. The number of rotatable bonds is 3. The number of benzene rings is 1. The molecule has 5 heteroatoms. The molecule has 22 heavy (non-hydrogen) atoms. The average Bonchev–Trinajstić information content (AvgIpc) is 3.06. The molecule has 3 N–H and O–H groups in total. The minimum absolute atomic E-state index is 0.0202. The zero-order valence-corrected chi connectivity index (χ0v) is 13.0. The number of hydrogen-bond donors (Lipinski definition) is 2. The molecule has 116 valence electrons. The number of nitrogens with two attached hydrogens (primary N) is 1. The topological polar surface area (TPSA) is 72.9 Å². The molecular formula is C17H22N4O. The Morgan fingerprint density at radius 2 is 2.14 bits per heavy atom. The second-order valence-electron chi connectivity index (χ2n) is 6.11. The van der Waals surface area contributed by atoms with Crippen LogP contribution in [0.15, 0.2) is 30.3 Å². The maximum absolute atomic E-state index is 12.3. The van der Waals surface area contributed by atoms with Crippen molar-refractivity contribution in [3.8, 4) is 11.3 Å². The van der Waals surface area contributed by atoms with Crippen LogP contribution < -0.4 is 11.1 Å². The van der Waals surface area contributed by atoms with Crippen molar-refractivity contribution < 1.29 is 4.79 Å². The summed E-state index contributed by atoms with van der Waals surface area (Å²) in [4.78, 5) is 12.3. The van der Waals surface area contributed by atoms with Crippen LogP contribution >= 0.6 is 0 Å². The summed E-state index contributed by atoms with van der Waals surface area (Å²) in [6.07, 6.45) is 2.57. The first kappa shape index (κ1) is 14.8. The molecule has 1 aliphatic rings. The number of aryl methyl sites for hydroxylation is 2. The zero-order valence-electron chi connectivity index (χ0n) is 13.0. The number of carbonyl (C=O) groups is 1. The Labute approximate surface area is 130 Å². The predicted molar refractivity (Wildman–Crippen MR) is 87.3 cm³/mol. The molecule has 1 amide bonds. The largest absolute Gasteiger partial charge is 0.328 e. The molecule has 0 spiro atoms. The van der Waals surface area contributed by atoms with Crippen molar-refractivity contribution in [2.75, 3.05) is 5.32 Å². The van der Waals surface area contributed by atoms with Crippen molar-refractivity contribution in [3.05, 3.63) is 35.9 Å². The number of nitrogens with zero attached hydrogens (tertiary/aromatic N) is 2.